The fourth-order valence-electron chi connectivity index (χ4n) is 3.16. The lowest BCUT2D eigenvalue weighted by Gasteiger charge is -2.17. The molecule has 1 aliphatic rings. The number of rotatable bonds is 5. The van der Waals surface area contributed by atoms with E-state index in [0.717, 1.165) is 12.4 Å². The third-order valence-electron chi connectivity index (χ3n) is 4.40. The van der Waals surface area contributed by atoms with Crippen molar-refractivity contribution >= 4 is 11.8 Å². The van der Waals surface area contributed by atoms with E-state index in [1.54, 1.807) is 0 Å². The Morgan fingerprint density at radius 2 is 1.91 bits per heavy atom. The summed E-state index contributed by atoms with van der Waals surface area (Å²) in [6.07, 6.45) is 9.69. The molecule has 0 spiro atoms. The van der Waals surface area contributed by atoms with Gasteiger partial charge in [-0.2, -0.15) is 4.98 Å². The predicted molar refractivity (Wildman–Crippen MR) is 95.7 cm³/mol. The fraction of sp³-hybridized carbons (Fsp3) is 0.474. The van der Waals surface area contributed by atoms with Crippen molar-refractivity contribution in [2.24, 2.45) is 0 Å². The van der Waals surface area contributed by atoms with Gasteiger partial charge in [0.1, 0.15) is 5.82 Å². The Morgan fingerprint density at radius 1 is 1.09 bits per heavy atom. The molecule has 4 heteroatoms. The zero-order valence-corrected chi connectivity index (χ0v) is 13.9. The lowest BCUT2D eigenvalue weighted by Crippen LogP contribution is -2.19. The number of aryl methyl sites for hydroxylation is 1. The fourth-order valence-corrected chi connectivity index (χ4v) is 3.16. The monoisotopic (exact) mass is 310 g/mol. The summed E-state index contributed by atoms with van der Waals surface area (Å²) in [5, 5.41) is 6.89. The molecule has 0 atom stereocenters. The average Bonchev–Trinajstić information content (AvgIpc) is 2.82. The second-order valence-corrected chi connectivity index (χ2v) is 6.44. The molecule has 0 saturated heterocycles. The van der Waals surface area contributed by atoms with E-state index in [9.17, 15) is 0 Å². The lowest BCUT2D eigenvalue weighted by atomic mass is 10.1. The van der Waals surface area contributed by atoms with Gasteiger partial charge in [-0.15, -0.1) is 0 Å². The molecule has 2 N–H and O–H groups in total. The Labute approximate surface area is 138 Å². The van der Waals surface area contributed by atoms with Gasteiger partial charge < -0.3 is 10.6 Å². The van der Waals surface area contributed by atoms with Crippen LogP contribution in [-0.4, -0.2) is 16.0 Å². The SMILES string of the molecule is Cc1cccc(CNc2nccc(NC3CCCCCC3)n2)c1. The van der Waals surface area contributed by atoms with E-state index in [0.29, 0.717) is 12.0 Å². The Morgan fingerprint density at radius 3 is 2.70 bits per heavy atom. The number of hydrogen-bond acceptors (Lipinski definition) is 4. The number of aromatic nitrogens is 2. The molecule has 0 unspecified atom stereocenters. The number of nitrogens with one attached hydrogen (secondary N) is 2. The van der Waals surface area contributed by atoms with E-state index in [4.69, 9.17) is 0 Å². The van der Waals surface area contributed by atoms with Gasteiger partial charge in [0.25, 0.3) is 0 Å². The molecule has 1 aromatic heterocycles. The summed E-state index contributed by atoms with van der Waals surface area (Å²) >= 11 is 0. The standard InChI is InChI=1S/C19H26N4/c1-15-7-6-8-16(13-15)14-21-19-20-12-11-18(23-19)22-17-9-4-2-3-5-10-17/h6-8,11-13,17H,2-5,9-10,14H2,1H3,(H2,20,21,22,23). The minimum Gasteiger partial charge on any atom is -0.367 e. The van der Waals surface area contributed by atoms with Gasteiger partial charge in [0, 0.05) is 18.8 Å². The Kier molecular flexibility index (Phi) is 5.46. The highest BCUT2D eigenvalue weighted by Crippen LogP contribution is 2.20. The van der Waals surface area contributed by atoms with Crippen molar-refractivity contribution in [2.45, 2.75) is 58.0 Å². The Bertz CT molecular complexity index is 618. The van der Waals surface area contributed by atoms with Crippen LogP contribution >= 0.6 is 0 Å². The highest BCUT2D eigenvalue weighted by Gasteiger charge is 2.12. The minimum atomic E-state index is 0.553. The van der Waals surface area contributed by atoms with Crippen LogP contribution in [0.4, 0.5) is 11.8 Å². The molecular weight excluding hydrogens is 284 g/mol. The molecule has 1 fully saturated rings. The second kappa shape index (κ2) is 7.95. The highest BCUT2D eigenvalue weighted by atomic mass is 15.1. The van der Waals surface area contributed by atoms with Gasteiger partial charge in [-0.3, -0.25) is 0 Å². The van der Waals surface area contributed by atoms with E-state index in [1.807, 2.05) is 12.3 Å². The van der Waals surface area contributed by atoms with E-state index in [2.05, 4.69) is 51.8 Å². The molecule has 1 aromatic carbocycles. The van der Waals surface area contributed by atoms with Crippen molar-refractivity contribution in [3.8, 4) is 0 Å². The molecule has 4 nitrogen and oxygen atoms in total. The summed E-state index contributed by atoms with van der Waals surface area (Å²) in [5.41, 5.74) is 2.52. The number of benzene rings is 1. The third-order valence-corrected chi connectivity index (χ3v) is 4.40. The maximum atomic E-state index is 4.60. The van der Waals surface area contributed by atoms with Crippen molar-refractivity contribution < 1.29 is 0 Å². The van der Waals surface area contributed by atoms with Crippen LogP contribution in [0.2, 0.25) is 0 Å². The average molecular weight is 310 g/mol. The first kappa shape index (κ1) is 15.8. The van der Waals surface area contributed by atoms with Gasteiger partial charge in [-0.1, -0.05) is 55.5 Å². The number of anilines is 2. The summed E-state index contributed by atoms with van der Waals surface area (Å²) in [7, 11) is 0. The van der Waals surface area contributed by atoms with Crippen LogP contribution in [0.1, 0.15) is 49.7 Å². The molecule has 0 radical (unpaired) electrons. The molecule has 1 heterocycles. The summed E-state index contributed by atoms with van der Waals surface area (Å²) in [4.78, 5) is 8.93. The van der Waals surface area contributed by atoms with Crippen LogP contribution in [0, 0.1) is 6.92 Å². The van der Waals surface area contributed by atoms with E-state index >= 15 is 0 Å². The second-order valence-electron chi connectivity index (χ2n) is 6.44. The summed E-state index contributed by atoms with van der Waals surface area (Å²) in [6, 6.07) is 11.0. The molecule has 1 saturated carbocycles. The number of nitrogens with zero attached hydrogens (tertiary/aromatic N) is 2. The summed E-state index contributed by atoms with van der Waals surface area (Å²) < 4.78 is 0. The smallest absolute Gasteiger partial charge is 0.224 e. The molecule has 122 valence electrons. The molecule has 23 heavy (non-hydrogen) atoms. The topological polar surface area (TPSA) is 49.8 Å². The maximum absolute atomic E-state index is 4.60. The predicted octanol–water partition coefficient (Wildman–Crippen LogP) is 4.53. The van der Waals surface area contributed by atoms with Crippen LogP contribution < -0.4 is 10.6 Å². The molecular formula is C19H26N4. The van der Waals surface area contributed by atoms with Crippen LogP contribution in [-0.2, 0) is 6.54 Å². The first-order chi connectivity index (χ1) is 11.3. The zero-order chi connectivity index (χ0) is 15.9. The first-order valence-corrected chi connectivity index (χ1v) is 8.68. The summed E-state index contributed by atoms with van der Waals surface area (Å²) in [5.74, 6) is 1.61. The molecule has 2 aromatic rings. The van der Waals surface area contributed by atoms with E-state index in [-0.39, 0.29) is 0 Å². The van der Waals surface area contributed by atoms with Crippen LogP contribution in [0.3, 0.4) is 0 Å². The largest absolute Gasteiger partial charge is 0.367 e. The van der Waals surface area contributed by atoms with E-state index < -0.39 is 0 Å². The molecule has 0 amide bonds. The molecule has 3 rings (SSSR count). The molecule has 0 aliphatic heterocycles. The van der Waals surface area contributed by atoms with Gasteiger partial charge in [-0.25, -0.2) is 4.98 Å². The normalized spacial score (nSPS) is 15.9. The Balaban J connectivity index is 1.58. The van der Waals surface area contributed by atoms with Gasteiger partial charge >= 0.3 is 0 Å². The van der Waals surface area contributed by atoms with Crippen molar-refractivity contribution in [1.82, 2.24) is 9.97 Å². The third kappa shape index (κ3) is 4.95. The van der Waals surface area contributed by atoms with Crippen LogP contribution in [0.25, 0.3) is 0 Å². The molecule has 0 bridgehead atoms. The Hall–Kier alpha value is -2.10. The van der Waals surface area contributed by atoms with Crippen molar-refractivity contribution in [2.75, 3.05) is 10.6 Å². The zero-order valence-electron chi connectivity index (χ0n) is 13.9. The van der Waals surface area contributed by atoms with Crippen molar-refractivity contribution in [3.05, 3.63) is 47.7 Å². The van der Waals surface area contributed by atoms with Gasteiger partial charge in [0.15, 0.2) is 0 Å². The van der Waals surface area contributed by atoms with Gasteiger partial charge in [-0.05, 0) is 31.4 Å². The summed E-state index contributed by atoms with van der Waals surface area (Å²) in [6.45, 7) is 2.85. The van der Waals surface area contributed by atoms with Gasteiger partial charge in [0.05, 0.1) is 0 Å². The highest BCUT2D eigenvalue weighted by molar-refractivity contribution is 5.41. The van der Waals surface area contributed by atoms with Crippen LogP contribution in [0.5, 0.6) is 0 Å². The van der Waals surface area contributed by atoms with Crippen LogP contribution in [0.15, 0.2) is 36.5 Å². The van der Waals surface area contributed by atoms with Crippen molar-refractivity contribution in [3.63, 3.8) is 0 Å². The maximum Gasteiger partial charge on any atom is 0.224 e. The minimum absolute atomic E-state index is 0.553. The number of hydrogen-bond donors (Lipinski definition) is 2. The quantitative estimate of drug-likeness (QED) is 0.797. The van der Waals surface area contributed by atoms with Crippen molar-refractivity contribution in [1.29, 1.82) is 0 Å². The first-order valence-electron chi connectivity index (χ1n) is 8.68. The lowest BCUT2D eigenvalue weighted by molar-refractivity contribution is 0.617. The van der Waals surface area contributed by atoms with E-state index in [1.165, 1.54) is 49.7 Å². The molecule has 1 aliphatic carbocycles. The van der Waals surface area contributed by atoms with Gasteiger partial charge in [0.2, 0.25) is 5.95 Å².